The minimum Gasteiger partial charge on any atom is -0.385 e. The second kappa shape index (κ2) is 13.9. The lowest BCUT2D eigenvalue weighted by molar-refractivity contribution is -0.146. The van der Waals surface area contributed by atoms with Crippen molar-refractivity contribution < 1.29 is 32.3 Å². The molecule has 1 aliphatic carbocycles. The van der Waals surface area contributed by atoms with Crippen molar-refractivity contribution in [3.05, 3.63) is 66.1 Å². The molecule has 16 heteroatoms. The Kier molecular flexibility index (Phi) is 9.08. The van der Waals surface area contributed by atoms with Gasteiger partial charge in [-0.3, -0.25) is 44.0 Å². The highest BCUT2D eigenvalue weighted by atomic mass is 19.4. The summed E-state index contributed by atoms with van der Waals surface area (Å²) in [4.78, 5) is 63.8. The Morgan fingerprint density at radius 3 is 2.47 bits per heavy atom. The molecule has 8 rings (SSSR count). The smallest absolute Gasteiger partial charge is 0.385 e. The van der Waals surface area contributed by atoms with Gasteiger partial charge in [-0.2, -0.15) is 18.3 Å². The average molecular weight is 730 g/mol. The first-order valence-corrected chi connectivity index (χ1v) is 17.9. The van der Waals surface area contributed by atoms with Gasteiger partial charge in [-0.25, -0.2) is 4.98 Å². The van der Waals surface area contributed by atoms with E-state index in [0.29, 0.717) is 50.4 Å². The Morgan fingerprint density at radius 1 is 0.906 bits per heavy atom. The number of nitrogens with zero attached hydrogens (tertiary/aromatic N) is 7. The number of anilines is 2. The van der Waals surface area contributed by atoms with Crippen molar-refractivity contribution in [2.75, 3.05) is 49.5 Å². The van der Waals surface area contributed by atoms with Gasteiger partial charge in [0.25, 0.3) is 11.8 Å². The number of rotatable bonds is 10. The molecule has 2 saturated heterocycles. The van der Waals surface area contributed by atoms with Crippen molar-refractivity contribution in [3.8, 4) is 11.3 Å². The highest BCUT2D eigenvalue weighted by Crippen LogP contribution is 2.40. The standard InChI is InChI=1S/C37H38F3N9O4/c38-37(39,40)21-46-10-12-47(13-11-46)25-4-6-29-30(17-25)44-31(19-42-29)23-18-43-48(20-23)26-14-22(15-26)2-1-9-41-24-3-5-27-28(16-24)36(53)49(35(27)52)32-7-8-33(50)45-34(32)51/h3-6,16-20,22,26,32,41H,1-2,7-15,21H2,(H,45,50,51). The average Bonchev–Trinajstić information content (AvgIpc) is 3.69. The maximum absolute atomic E-state index is 13.1. The second-order valence-corrected chi connectivity index (χ2v) is 14.3. The van der Waals surface area contributed by atoms with E-state index in [1.54, 1.807) is 30.6 Å². The number of carbonyl (C=O) groups excluding carboxylic acids is 4. The van der Waals surface area contributed by atoms with Crippen LogP contribution in [-0.2, 0) is 9.59 Å². The van der Waals surface area contributed by atoms with Crippen LogP contribution in [0.3, 0.4) is 0 Å². The van der Waals surface area contributed by atoms with Gasteiger partial charge in [-0.1, -0.05) is 0 Å². The number of alkyl halides is 3. The Bertz CT molecular complexity index is 2090. The number of piperazine rings is 1. The highest BCUT2D eigenvalue weighted by Gasteiger charge is 2.44. The Morgan fingerprint density at radius 2 is 1.70 bits per heavy atom. The molecule has 2 aromatic carbocycles. The Hall–Kier alpha value is -5.38. The molecule has 276 valence electrons. The van der Waals surface area contributed by atoms with Gasteiger partial charge < -0.3 is 10.2 Å². The number of aromatic nitrogens is 4. The van der Waals surface area contributed by atoms with Crippen LogP contribution in [0.25, 0.3) is 22.3 Å². The van der Waals surface area contributed by atoms with Crippen LogP contribution in [-0.4, -0.2) is 105 Å². The third-order valence-electron chi connectivity index (χ3n) is 10.7. The van der Waals surface area contributed by atoms with Crippen molar-refractivity contribution in [1.29, 1.82) is 0 Å². The first-order valence-electron chi connectivity index (χ1n) is 17.9. The Labute approximate surface area is 302 Å². The van der Waals surface area contributed by atoms with E-state index < -0.39 is 42.4 Å². The van der Waals surface area contributed by atoms with E-state index in [9.17, 15) is 32.3 Å². The molecule has 53 heavy (non-hydrogen) atoms. The SMILES string of the molecule is O=C1CCC(N2C(=O)c3ccc(NCCCC4CC(n5cc(-c6cnc7ccc(N8CCN(CC(F)(F)F)CC8)cc7n6)cn5)C4)cc3C2=O)C(=O)N1. The first kappa shape index (κ1) is 34.7. The van der Waals surface area contributed by atoms with Crippen molar-refractivity contribution in [3.63, 3.8) is 0 Å². The number of benzene rings is 2. The normalized spacial score (nSPS) is 22.3. The summed E-state index contributed by atoms with van der Waals surface area (Å²) in [6.07, 6.45) is 5.51. The quantitative estimate of drug-likeness (QED) is 0.178. The number of halogens is 3. The van der Waals surface area contributed by atoms with Crippen molar-refractivity contribution in [2.24, 2.45) is 5.92 Å². The fraction of sp³-hybridized carbons (Fsp3) is 0.432. The van der Waals surface area contributed by atoms with Gasteiger partial charge in [0.05, 0.1) is 52.8 Å². The monoisotopic (exact) mass is 729 g/mol. The lowest BCUT2D eigenvalue weighted by atomic mass is 9.77. The second-order valence-electron chi connectivity index (χ2n) is 14.3. The number of piperidine rings is 1. The molecule has 3 aliphatic heterocycles. The van der Waals surface area contributed by atoms with Crippen molar-refractivity contribution >= 4 is 46.0 Å². The topological polar surface area (TPSA) is 146 Å². The fourth-order valence-electron chi connectivity index (χ4n) is 7.78. The third kappa shape index (κ3) is 7.19. The number of nitrogens with one attached hydrogen (secondary N) is 2. The third-order valence-corrected chi connectivity index (χ3v) is 10.7. The predicted molar refractivity (Wildman–Crippen MR) is 188 cm³/mol. The molecule has 1 saturated carbocycles. The molecule has 4 aliphatic rings. The van der Waals surface area contributed by atoms with Gasteiger partial charge in [-0.05, 0) is 74.4 Å². The van der Waals surface area contributed by atoms with Crippen LogP contribution in [0.15, 0.2) is 55.0 Å². The minimum atomic E-state index is -4.19. The van der Waals surface area contributed by atoms with Gasteiger partial charge in [0.1, 0.15) is 6.04 Å². The summed E-state index contributed by atoms with van der Waals surface area (Å²) in [5, 5.41) is 10.2. The van der Waals surface area contributed by atoms with Crippen LogP contribution in [0, 0.1) is 5.92 Å². The maximum Gasteiger partial charge on any atom is 0.401 e. The van der Waals surface area contributed by atoms with Gasteiger partial charge in [0, 0.05) is 62.3 Å². The highest BCUT2D eigenvalue weighted by molar-refractivity contribution is 6.23. The largest absolute Gasteiger partial charge is 0.401 e. The first-order chi connectivity index (χ1) is 25.5. The van der Waals surface area contributed by atoms with E-state index >= 15 is 0 Å². The number of hydrogen-bond acceptors (Lipinski definition) is 10. The molecule has 4 aromatic rings. The number of amides is 4. The molecule has 0 radical (unpaired) electrons. The molecule has 4 amide bonds. The summed E-state index contributed by atoms with van der Waals surface area (Å²) in [5.74, 6) is -1.52. The van der Waals surface area contributed by atoms with E-state index in [1.165, 1.54) is 4.90 Å². The number of hydrogen-bond donors (Lipinski definition) is 2. The molecular formula is C37H38F3N9O4. The lowest BCUT2D eigenvalue weighted by Gasteiger charge is -2.36. The summed E-state index contributed by atoms with van der Waals surface area (Å²) in [6.45, 7) is 1.52. The Balaban J connectivity index is 0.806. The van der Waals surface area contributed by atoms with Crippen LogP contribution in [0.2, 0.25) is 0 Å². The maximum atomic E-state index is 13.1. The van der Waals surface area contributed by atoms with Crippen LogP contribution < -0.4 is 15.5 Å². The summed E-state index contributed by atoms with van der Waals surface area (Å²) in [7, 11) is 0. The number of fused-ring (bicyclic) bond motifs is 2. The molecule has 1 unspecified atom stereocenters. The van der Waals surface area contributed by atoms with Gasteiger partial charge >= 0.3 is 6.18 Å². The fourth-order valence-corrected chi connectivity index (χ4v) is 7.78. The van der Waals surface area contributed by atoms with Gasteiger partial charge in [0.15, 0.2) is 0 Å². The van der Waals surface area contributed by atoms with Crippen LogP contribution in [0.4, 0.5) is 24.5 Å². The zero-order valence-electron chi connectivity index (χ0n) is 28.8. The summed E-state index contributed by atoms with van der Waals surface area (Å²) in [5.41, 5.74) is 5.19. The van der Waals surface area contributed by atoms with E-state index in [0.717, 1.165) is 58.6 Å². The van der Waals surface area contributed by atoms with Gasteiger partial charge in [0.2, 0.25) is 11.8 Å². The van der Waals surface area contributed by atoms with E-state index in [1.807, 2.05) is 29.1 Å². The zero-order chi connectivity index (χ0) is 36.9. The van der Waals surface area contributed by atoms with Gasteiger partial charge in [-0.15, -0.1) is 0 Å². The van der Waals surface area contributed by atoms with Crippen molar-refractivity contribution in [2.45, 2.75) is 56.8 Å². The van der Waals surface area contributed by atoms with E-state index in [-0.39, 0.29) is 24.0 Å². The van der Waals surface area contributed by atoms with Crippen LogP contribution in [0.5, 0.6) is 0 Å². The minimum absolute atomic E-state index is 0.0768. The zero-order valence-corrected chi connectivity index (χ0v) is 28.8. The molecule has 0 bridgehead atoms. The molecule has 2 N–H and O–H groups in total. The lowest BCUT2D eigenvalue weighted by Crippen LogP contribution is -2.54. The molecule has 13 nitrogen and oxygen atoms in total. The summed E-state index contributed by atoms with van der Waals surface area (Å²) >= 11 is 0. The molecule has 3 fully saturated rings. The molecule has 0 spiro atoms. The summed E-state index contributed by atoms with van der Waals surface area (Å²) in [6, 6.07) is 10.1. The molecular weight excluding hydrogens is 691 g/mol. The van der Waals surface area contributed by atoms with Crippen LogP contribution in [0.1, 0.15) is 65.3 Å². The molecule has 5 heterocycles. The predicted octanol–water partition coefficient (Wildman–Crippen LogP) is 4.42. The number of imide groups is 2. The van der Waals surface area contributed by atoms with Crippen molar-refractivity contribution in [1.82, 2.24) is 34.9 Å². The summed E-state index contributed by atoms with van der Waals surface area (Å²) < 4.78 is 40.4. The number of carbonyl (C=O) groups is 4. The van der Waals surface area contributed by atoms with Crippen LogP contribution >= 0.6 is 0 Å². The molecule has 1 atom stereocenters. The van der Waals surface area contributed by atoms with E-state index in [2.05, 4.69) is 25.6 Å². The van der Waals surface area contributed by atoms with E-state index in [4.69, 9.17) is 4.98 Å². The molecule has 2 aromatic heterocycles.